The van der Waals surface area contributed by atoms with E-state index >= 15 is 0 Å². The Morgan fingerprint density at radius 2 is 1.83 bits per heavy atom. The van der Waals surface area contributed by atoms with Crippen molar-refractivity contribution in [1.29, 1.82) is 0 Å². The molecule has 1 saturated carbocycles. The molecule has 41 heavy (non-hydrogen) atoms. The molecule has 1 unspecified atom stereocenters. The third kappa shape index (κ3) is 6.31. The van der Waals surface area contributed by atoms with Crippen LogP contribution in [0.4, 0.5) is 0 Å². The number of nitrogens with one attached hydrogen (secondary N) is 2. The zero-order valence-corrected chi connectivity index (χ0v) is 24.2. The van der Waals surface area contributed by atoms with E-state index in [1.807, 2.05) is 36.4 Å². The SMILES string of the molecule is Cc1c(O)cccc1C(=O)N[C@@H](Cc1ccccc1)[C@H](O)C(=O)N1CSC2(CCCC2)[C@H]1C(=O)NC1C=CCCC1. The van der Waals surface area contributed by atoms with Crippen LogP contribution in [-0.2, 0) is 16.0 Å². The molecule has 5 rings (SSSR count). The Hall–Kier alpha value is -3.30. The van der Waals surface area contributed by atoms with Crippen LogP contribution in [0.15, 0.2) is 60.7 Å². The number of aromatic hydroxyl groups is 1. The first-order valence-electron chi connectivity index (χ1n) is 14.5. The maximum absolute atomic E-state index is 14.0. The molecule has 1 saturated heterocycles. The van der Waals surface area contributed by atoms with Gasteiger partial charge < -0.3 is 25.7 Å². The van der Waals surface area contributed by atoms with Crippen LogP contribution in [0.1, 0.15) is 66.4 Å². The molecule has 1 heterocycles. The molecule has 1 aliphatic heterocycles. The fourth-order valence-corrected chi connectivity index (χ4v) is 8.00. The van der Waals surface area contributed by atoms with E-state index in [2.05, 4.69) is 16.7 Å². The van der Waals surface area contributed by atoms with Crippen molar-refractivity contribution in [2.75, 3.05) is 5.88 Å². The Morgan fingerprint density at radius 1 is 1.07 bits per heavy atom. The maximum atomic E-state index is 14.0. The van der Waals surface area contributed by atoms with E-state index < -0.39 is 30.0 Å². The highest BCUT2D eigenvalue weighted by Crippen LogP contribution is 2.51. The van der Waals surface area contributed by atoms with Crippen molar-refractivity contribution in [1.82, 2.24) is 15.5 Å². The summed E-state index contributed by atoms with van der Waals surface area (Å²) in [5.74, 6) is -0.923. The molecule has 8 nitrogen and oxygen atoms in total. The van der Waals surface area contributed by atoms with E-state index in [9.17, 15) is 24.6 Å². The van der Waals surface area contributed by atoms with Crippen LogP contribution in [-0.4, -0.2) is 67.7 Å². The Bertz CT molecular complexity index is 1290. The summed E-state index contributed by atoms with van der Waals surface area (Å²) in [5.41, 5.74) is 1.53. The van der Waals surface area contributed by atoms with Crippen molar-refractivity contribution in [3.05, 3.63) is 77.4 Å². The zero-order valence-electron chi connectivity index (χ0n) is 23.4. The maximum Gasteiger partial charge on any atom is 0.254 e. The van der Waals surface area contributed by atoms with Gasteiger partial charge in [0.2, 0.25) is 5.91 Å². The van der Waals surface area contributed by atoms with Gasteiger partial charge in [-0.25, -0.2) is 0 Å². The Morgan fingerprint density at radius 3 is 2.54 bits per heavy atom. The summed E-state index contributed by atoms with van der Waals surface area (Å²) in [4.78, 5) is 42.7. The van der Waals surface area contributed by atoms with Crippen LogP contribution in [0.5, 0.6) is 5.75 Å². The van der Waals surface area contributed by atoms with E-state index in [-0.39, 0.29) is 34.4 Å². The minimum Gasteiger partial charge on any atom is -0.508 e. The number of phenols is 1. The number of allylic oxidation sites excluding steroid dienone is 1. The van der Waals surface area contributed by atoms with Gasteiger partial charge in [0.05, 0.1) is 11.9 Å². The van der Waals surface area contributed by atoms with Crippen molar-refractivity contribution in [3.63, 3.8) is 0 Å². The monoisotopic (exact) mass is 577 g/mol. The number of rotatable bonds is 8. The molecule has 218 valence electrons. The number of thioether (sulfide) groups is 1. The summed E-state index contributed by atoms with van der Waals surface area (Å²) in [6.45, 7) is 1.64. The van der Waals surface area contributed by atoms with Crippen molar-refractivity contribution in [3.8, 4) is 5.75 Å². The van der Waals surface area contributed by atoms with Crippen LogP contribution in [0.2, 0.25) is 0 Å². The van der Waals surface area contributed by atoms with Gasteiger partial charge >= 0.3 is 0 Å². The normalized spacial score (nSPS) is 22.8. The molecule has 2 aromatic carbocycles. The standard InChI is InChI=1S/C32H39N3O5S/c1-21-24(15-10-16-26(21)36)29(38)34-25(19-22-11-4-2-5-12-22)27(37)31(40)35-20-41-32(17-8-9-18-32)28(35)30(39)33-23-13-6-3-7-14-23/h2,4-6,10-13,15-16,23,25,27-28,36-37H,3,7-9,14,17-20H2,1H3,(H,33,39)(H,34,38)/t23?,25-,27-,28+/m0/s1. The second-order valence-corrected chi connectivity index (χ2v) is 12.8. The predicted molar refractivity (Wildman–Crippen MR) is 159 cm³/mol. The van der Waals surface area contributed by atoms with Crippen LogP contribution in [0.3, 0.4) is 0 Å². The van der Waals surface area contributed by atoms with Gasteiger partial charge in [0.15, 0.2) is 6.10 Å². The number of aliphatic hydroxyl groups is 1. The Balaban J connectivity index is 1.40. The largest absolute Gasteiger partial charge is 0.508 e. The van der Waals surface area contributed by atoms with Gasteiger partial charge in [0.25, 0.3) is 11.8 Å². The molecular formula is C32H39N3O5S. The summed E-state index contributed by atoms with van der Waals surface area (Å²) in [6, 6.07) is 12.3. The zero-order chi connectivity index (χ0) is 29.0. The summed E-state index contributed by atoms with van der Waals surface area (Å²) in [7, 11) is 0. The van der Waals surface area contributed by atoms with Crippen molar-refractivity contribution in [2.45, 2.75) is 87.3 Å². The lowest BCUT2D eigenvalue weighted by atomic mass is 9.92. The van der Waals surface area contributed by atoms with Gasteiger partial charge in [-0.15, -0.1) is 11.8 Å². The van der Waals surface area contributed by atoms with Gasteiger partial charge in [-0.2, -0.15) is 0 Å². The molecule has 3 aliphatic rings. The van der Waals surface area contributed by atoms with Crippen LogP contribution in [0, 0.1) is 6.92 Å². The number of carbonyl (C=O) groups excluding carboxylic acids is 3. The van der Waals surface area contributed by atoms with Crippen molar-refractivity contribution in [2.24, 2.45) is 0 Å². The van der Waals surface area contributed by atoms with Gasteiger partial charge in [0.1, 0.15) is 11.8 Å². The average molecular weight is 578 g/mol. The lowest BCUT2D eigenvalue weighted by Gasteiger charge is -2.36. The number of carbonyl (C=O) groups is 3. The van der Waals surface area contributed by atoms with Gasteiger partial charge in [0, 0.05) is 21.9 Å². The van der Waals surface area contributed by atoms with Crippen LogP contribution >= 0.6 is 11.8 Å². The number of phenolic OH excluding ortho intramolecular Hbond substituents is 1. The topological polar surface area (TPSA) is 119 Å². The summed E-state index contributed by atoms with van der Waals surface area (Å²) < 4.78 is -0.366. The van der Waals surface area contributed by atoms with Crippen LogP contribution < -0.4 is 10.6 Å². The quantitative estimate of drug-likeness (QED) is 0.354. The molecule has 0 aromatic heterocycles. The minimum absolute atomic E-state index is 0.00787. The molecule has 2 fully saturated rings. The Labute approximate surface area is 245 Å². The number of aliphatic hydroxyl groups excluding tert-OH is 1. The molecule has 0 bridgehead atoms. The smallest absolute Gasteiger partial charge is 0.254 e. The second kappa shape index (κ2) is 12.7. The first kappa shape index (κ1) is 29.2. The number of hydrogen-bond acceptors (Lipinski definition) is 6. The third-order valence-electron chi connectivity index (χ3n) is 8.66. The number of benzene rings is 2. The summed E-state index contributed by atoms with van der Waals surface area (Å²) in [5, 5.41) is 27.7. The highest BCUT2D eigenvalue weighted by molar-refractivity contribution is 8.01. The summed E-state index contributed by atoms with van der Waals surface area (Å²) in [6.07, 6.45) is 9.32. The fraction of sp³-hybridized carbons (Fsp3) is 0.469. The lowest BCUT2D eigenvalue weighted by molar-refractivity contribution is -0.147. The average Bonchev–Trinajstić information content (AvgIpc) is 3.61. The van der Waals surface area contributed by atoms with E-state index in [1.165, 1.54) is 11.0 Å². The molecule has 4 atom stereocenters. The highest BCUT2D eigenvalue weighted by Gasteiger charge is 2.55. The lowest BCUT2D eigenvalue weighted by Crippen LogP contribution is -2.60. The number of nitrogens with zero attached hydrogens (tertiary/aromatic N) is 1. The van der Waals surface area contributed by atoms with E-state index in [0.717, 1.165) is 50.5 Å². The molecule has 4 N–H and O–H groups in total. The molecule has 9 heteroatoms. The molecule has 1 spiro atoms. The summed E-state index contributed by atoms with van der Waals surface area (Å²) >= 11 is 1.63. The number of hydrogen-bond donors (Lipinski definition) is 4. The molecular weight excluding hydrogens is 538 g/mol. The predicted octanol–water partition coefficient (Wildman–Crippen LogP) is 3.84. The van der Waals surface area contributed by atoms with E-state index in [0.29, 0.717) is 11.4 Å². The fourth-order valence-electron chi connectivity index (χ4n) is 6.36. The molecule has 0 radical (unpaired) electrons. The molecule has 2 aliphatic carbocycles. The molecule has 3 amide bonds. The second-order valence-electron chi connectivity index (χ2n) is 11.4. The first-order chi connectivity index (χ1) is 19.8. The van der Waals surface area contributed by atoms with E-state index in [4.69, 9.17) is 0 Å². The first-order valence-corrected chi connectivity index (χ1v) is 15.5. The third-order valence-corrected chi connectivity index (χ3v) is 10.3. The van der Waals surface area contributed by atoms with Crippen molar-refractivity contribution < 1.29 is 24.6 Å². The van der Waals surface area contributed by atoms with Crippen molar-refractivity contribution >= 4 is 29.5 Å². The molecule has 2 aromatic rings. The van der Waals surface area contributed by atoms with E-state index in [1.54, 1.807) is 30.8 Å². The number of amides is 3. The Kier molecular flexibility index (Phi) is 9.04. The highest BCUT2D eigenvalue weighted by atomic mass is 32.2. The van der Waals surface area contributed by atoms with Gasteiger partial charge in [-0.1, -0.05) is 61.4 Å². The van der Waals surface area contributed by atoms with Gasteiger partial charge in [-0.05, 0) is 63.1 Å². The minimum atomic E-state index is -1.57. The van der Waals surface area contributed by atoms with Crippen LogP contribution in [0.25, 0.3) is 0 Å². The van der Waals surface area contributed by atoms with Gasteiger partial charge in [-0.3, -0.25) is 14.4 Å².